The van der Waals surface area contributed by atoms with Gasteiger partial charge in [-0.3, -0.25) is 0 Å². The van der Waals surface area contributed by atoms with Crippen molar-refractivity contribution < 1.29 is 0 Å². The van der Waals surface area contributed by atoms with Gasteiger partial charge in [-0.1, -0.05) is 18.2 Å². The Balaban J connectivity index is 1.40. The summed E-state index contributed by atoms with van der Waals surface area (Å²) in [7, 11) is 0. The molecule has 3 heterocycles. The summed E-state index contributed by atoms with van der Waals surface area (Å²) in [5, 5.41) is 4.46. The van der Waals surface area contributed by atoms with Crippen LogP contribution in [0.5, 0.6) is 0 Å². The lowest BCUT2D eigenvalue weighted by Crippen LogP contribution is -2.47. The summed E-state index contributed by atoms with van der Waals surface area (Å²) in [6, 6.07) is 8.18. The Morgan fingerprint density at radius 3 is 2.57 bits per heavy atom. The molecule has 0 bridgehead atoms. The number of fused-ring (bicyclic) bond motifs is 1. The second kappa shape index (κ2) is 6.93. The first-order chi connectivity index (χ1) is 13.6. The van der Waals surface area contributed by atoms with Crippen LogP contribution in [0.2, 0.25) is 0 Å². The van der Waals surface area contributed by atoms with Crippen LogP contribution in [0.3, 0.4) is 0 Å². The molecular formula is C20H25N7S. The van der Waals surface area contributed by atoms with Crippen LogP contribution in [0, 0.1) is 5.41 Å². The summed E-state index contributed by atoms with van der Waals surface area (Å²) in [6.07, 6.45) is 9.48. The molecule has 0 amide bonds. The van der Waals surface area contributed by atoms with Crippen LogP contribution >= 0.6 is 11.8 Å². The molecule has 3 aromatic rings. The quantitative estimate of drug-likeness (QED) is 0.658. The van der Waals surface area contributed by atoms with Gasteiger partial charge in [-0.15, -0.1) is 0 Å². The molecule has 0 unspecified atom stereocenters. The van der Waals surface area contributed by atoms with Gasteiger partial charge in [-0.25, -0.2) is 9.97 Å². The fourth-order valence-electron chi connectivity index (χ4n) is 4.67. The van der Waals surface area contributed by atoms with Gasteiger partial charge < -0.3 is 16.4 Å². The van der Waals surface area contributed by atoms with Crippen LogP contribution < -0.4 is 16.4 Å². The van der Waals surface area contributed by atoms with Crippen LogP contribution in [0.15, 0.2) is 46.6 Å². The summed E-state index contributed by atoms with van der Waals surface area (Å²) in [4.78, 5) is 13.7. The number of nitrogens with two attached hydrogens (primary N) is 2. The second-order valence-electron chi connectivity index (χ2n) is 7.94. The molecule has 4 N–H and O–H groups in total. The first-order valence-electron chi connectivity index (χ1n) is 9.87. The molecule has 1 aromatic carbocycles. The minimum Gasteiger partial charge on any atom is -0.399 e. The molecule has 1 saturated carbocycles. The Hall–Kier alpha value is -2.32. The van der Waals surface area contributed by atoms with Crippen molar-refractivity contribution in [1.82, 2.24) is 19.6 Å². The molecule has 1 saturated heterocycles. The summed E-state index contributed by atoms with van der Waals surface area (Å²) in [5.74, 6) is 0.871. The molecule has 0 radical (unpaired) electrons. The van der Waals surface area contributed by atoms with E-state index < -0.39 is 0 Å². The van der Waals surface area contributed by atoms with E-state index in [-0.39, 0.29) is 0 Å². The molecule has 2 aliphatic rings. The zero-order valence-electron chi connectivity index (χ0n) is 15.8. The van der Waals surface area contributed by atoms with E-state index in [1.807, 2.05) is 35.0 Å². The molecule has 28 heavy (non-hydrogen) atoms. The number of piperidine rings is 1. The highest BCUT2D eigenvalue weighted by molar-refractivity contribution is 7.99. The van der Waals surface area contributed by atoms with Crippen LogP contribution in [-0.4, -0.2) is 38.7 Å². The van der Waals surface area contributed by atoms with Crippen LogP contribution in [-0.2, 0) is 0 Å². The Morgan fingerprint density at radius 1 is 1.07 bits per heavy atom. The SMILES string of the molecule is Nc1ccc(Sc2cnc(N3CCC4(CCC[C@H]4N)CC3)n3ncnc23)cc1. The summed E-state index contributed by atoms with van der Waals surface area (Å²) in [6.45, 7) is 1.94. The summed E-state index contributed by atoms with van der Waals surface area (Å²) >= 11 is 1.62. The molecule has 2 fully saturated rings. The lowest BCUT2D eigenvalue weighted by atomic mass is 9.74. The molecule has 1 aliphatic heterocycles. The molecule has 7 nitrogen and oxygen atoms in total. The third kappa shape index (κ3) is 3.00. The molecule has 1 atom stereocenters. The lowest BCUT2D eigenvalue weighted by Gasteiger charge is -2.42. The van der Waals surface area contributed by atoms with Crippen molar-refractivity contribution in [2.24, 2.45) is 11.1 Å². The third-order valence-corrected chi connectivity index (χ3v) is 7.40. The van der Waals surface area contributed by atoms with Gasteiger partial charge in [-0.2, -0.15) is 9.61 Å². The maximum absolute atomic E-state index is 6.43. The van der Waals surface area contributed by atoms with Gasteiger partial charge in [0.05, 0.1) is 4.90 Å². The first kappa shape index (κ1) is 17.8. The van der Waals surface area contributed by atoms with E-state index in [1.54, 1.807) is 18.1 Å². The van der Waals surface area contributed by atoms with E-state index in [2.05, 4.69) is 15.0 Å². The Labute approximate surface area is 168 Å². The van der Waals surface area contributed by atoms with Gasteiger partial charge >= 0.3 is 0 Å². The smallest absolute Gasteiger partial charge is 0.228 e. The second-order valence-corrected chi connectivity index (χ2v) is 9.05. The minimum absolute atomic E-state index is 0.336. The molecular weight excluding hydrogens is 370 g/mol. The van der Waals surface area contributed by atoms with Gasteiger partial charge in [0.15, 0.2) is 5.65 Å². The fourth-order valence-corrected chi connectivity index (χ4v) is 5.54. The maximum atomic E-state index is 6.43. The molecule has 146 valence electrons. The average molecular weight is 396 g/mol. The lowest BCUT2D eigenvalue weighted by molar-refractivity contribution is 0.196. The number of rotatable bonds is 3. The largest absolute Gasteiger partial charge is 0.399 e. The van der Waals surface area contributed by atoms with Gasteiger partial charge in [0.2, 0.25) is 5.95 Å². The van der Waals surface area contributed by atoms with Crippen molar-refractivity contribution in [2.45, 2.75) is 47.9 Å². The molecule has 2 aromatic heterocycles. The number of nitrogens with zero attached hydrogens (tertiary/aromatic N) is 5. The van der Waals surface area contributed by atoms with Crippen molar-refractivity contribution in [1.29, 1.82) is 0 Å². The van der Waals surface area contributed by atoms with Gasteiger partial charge in [-0.05, 0) is 55.4 Å². The molecule has 1 aliphatic carbocycles. The number of hydrogen-bond acceptors (Lipinski definition) is 7. The van der Waals surface area contributed by atoms with Crippen molar-refractivity contribution in [3.63, 3.8) is 0 Å². The Kier molecular flexibility index (Phi) is 4.40. The van der Waals surface area contributed by atoms with E-state index in [0.717, 1.165) is 53.0 Å². The first-order valence-corrected chi connectivity index (χ1v) is 10.7. The Bertz CT molecular complexity index is 976. The zero-order chi connectivity index (χ0) is 19.1. The van der Waals surface area contributed by atoms with Crippen LogP contribution in [0.4, 0.5) is 11.6 Å². The predicted octanol–water partition coefficient (Wildman–Crippen LogP) is 2.96. The fraction of sp³-hybridized carbons (Fsp3) is 0.450. The monoisotopic (exact) mass is 395 g/mol. The predicted molar refractivity (Wildman–Crippen MR) is 111 cm³/mol. The third-order valence-electron chi connectivity index (χ3n) is 6.38. The number of nitrogen functional groups attached to an aromatic ring is 1. The average Bonchev–Trinajstić information content (AvgIpc) is 3.33. The van der Waals surface area contributed by atoms with Crippen molar-refractivity contribution in [3.8, 4) is 0 Å². The van der Waals surface area contributed by atoms with E-state index in [9.17, 15) is 0 Å². The van der Waals surface area contributed by atoms with Crippen molar-refractivity contribution in [2.75, 3.05) is 23.7 Å². The highest BCUT2D eigenvalue weighted by atomic mass is 32.2. The minimum atomic E-state index is 0.336. The van der Waals surface area contributed by atoms with Crippen LogP contribution in [0.25, 0.3) is 5.65 Å². The topological polar surface area (TPSA) is 98.4 Å². The number of benzene rings is 1. The number of anilines is 2. The van der Waals surface area contributed by atoms with Crippen LogP contribution in [0.1, 0.15) is 32.1 Å². The van der Waals surface area contributed by atoms with E-state index in [0.29, 0.717) is 11.5 Å². The molecule has 8 heteroatoms. The van der Waals surface area contributed by atoms with Gasteiger partial charge in [0.25, 0.3) is 0 Å². The standard InChI is InChI=1S/C20H25N7S/c21-14-3-5-15(6-4-14)28-16-12-23-19(27-18(16)24-13-25-27)26-10-8-20(9-11-26)7-1-2-17(20)22/h3-6,12-13,17H,1-2,7-11,21-22H2/t17-/m1/s1. The van der Waals surface area contributed by atoms with Gasteiger partial charge in [0, 0.05) is 35.9 Å². The summed E-state index contributed by atoms with van der Waals surface area (Å²) < 4.78 is 1.87. The highest BCUT2D eigenvalue weighted by Crippen LogP contribution is 2.46. The Morgan fingerprint density at radius 2 is 1.86 bits per heavy atom. The number of hydrogen-bond donors (Lipinski definition) is 2. The van der Waals surface area contributed by atoms with Gasteiger partial charge in [0.1, 0.15) is 6.33 Å². The van der Waals surface area contributed by atoms with E-state index in [4.69, 9.17) is 16.5 Å². The summed E-state index contributed by atoms with van der Waals surface area (Å²) in [5.41, 5.74) is 14.2. The van der Waals surface area contributed by atoms with E-state index >= 15 is 0 Å². The van der Waals surface area contributed by atoms with E-state index in [1.165, 1.54) is 19.3 Å². The highest BCUT2D eigenvalue weighted by Gasteiger charge is 2.43. The molecule has 5 rings (SSSR count). The van der Waals surface area contributed by atoms with Crippen molar-refractivity contribution >= 4 is 29.0 Å². The zero-order valence-corrected chi connectivity index (χ0v) is 16.6. The van der Waals surface area contributed by atoms with Crippen molar-refractivity contribution in [3.05, 3.63) is 36.8 Å². The maximum Gasteiger partial charge on any atom is 0.228 e. The number of aromatic nitrogens is 4. The molecule has 1 spiro atoms. The normalized spacial score (nSPS) is 21.6.